The summed E-state index contributed by atoms with van der Waals surface area (Å²) in [4.78, 5) is 17.9. The normalized spacial score (nSPS) is 11.1. The minimum atomic E-state index is 0.638. The van der Waals surface area contributed by atoms with Gasteiger partial charge in [-0.15, -0.1) is 11.3 Å². The lowest BCUT2D eigenvalue weighted by Crippen LogP contribution is -1.99. The Morgan fingerprint density at radius 2 is 1.82 bits per heavy atom. The molecule has 0 amide bonds. The van der Waals surface area contributed by atoms with E-state index in [4.69, 9.17) is 16.6 Å². The SMILES string of the molecule is Clc1cccc(-n2ncc3c(Nc4cccc(-c5csc(-c6cccnc6)n5)c4)ncnc32)c1. The summed E-state index contributed by atoms with van der Waals surface area (Å²) < 4.78 is 1.75. The molecule has 7 nitrogen and oxygen atoms in total. The number of fused-ring (bicyclic) bond motifs is 1. The van der Waals surface area contributed by atoms with Crippen LogP contribution in [0.25, 0.3) is 38.5 Å². The second kappa shape index (κ2) is 8.66. The molecule has 164 valence electrons. The van der Waals surface area contributed by atoms with E-state index in [0.717, 1.165) is 38.6 Å². The van der Waals surface area contributed by atoms with Gasteiger partial charge >= 0.3 is 0 Å². The molecule has 0 spiro atoms. The van der Waals surface area contributed by atoms with Crippen molar-refractivity contribution in [2.45, 2.75) is 0 Å². The van der Waals surface area contributed by atoms with Gasteiger partial charge in [0.2, 0.25) is 0 Å². The highest BCUT2D eigenvalue weighted by atomic mass is 35.5. The molecule has 0 radical (unpaired) electrons. The Morgan fingerprint density at radius 1 is 0.912 bits per heavy atom. The highest BCUT2D eigenvalue weighted by molar-refractivity contribution is 7.13. The predicted molar refractivity (Wildman–Crippen MR) is 136 cm³/mol. The first-order chi connectivity index (χ1) is 16.7. The van der Waals surface area contributed by atoms with Crippen molar-refractivity contribution in [2.75, 3.05) is 5.32 Å². The van der Waals surface area contributed by atoms with E-state index < -0.39 is 0 Å². The third-order valence-corrected chi connectivity index (χ3v) is 6.38. The van der Waals surface area contributed by atoms with Crippen molar-refractivity contribution in [1.82, 2.24) is 29.7 Å². The van der Waals surface area contributed by atoms with Gasteiger partial charge in [-0.2, -0.15) is 5.10 Å². The molecule has 6 aromatic rings. The summed E-state index contributed by atoms with van der Waals surface area (Å²) in [6, 6.07) is 19.5. The van der Waals surface area contributed by atoms with Crippen LogP contribution in [0.4, 0.5) is 11.5 Å². The van der Waals surface area contributed by atoms with E-state index in [9.17, 15) is 0 Å². The molecule has 0 fully saturated rings. The van der Waals surface area contributed by atoms with Gasteiger partial charge in [-0.05, 0) is 42.5 Å². The zero-order valence-corrected chi connectivity index (χ0v) is 19.2. The molecule has 2 aromatic carbocycles. The molecule has 0 saturated heterocycles. The fourth-order valence-electron chi connectivity index (χ4n) is 3.66. The second-order valence-corrected chi connectivity index (χ2v) is 8.78. The summed E-state index contributed by atoms with van der Waals surface area (Å²) in [7, 11) is 0. The highest BCUT2D eigenvalue weighted by Crippen LogP contribution is 2.31. The van der Waals surface area contributed by atoms with Gasteiger partial charge in [0.25, 0.3) is 0 Å². The van der Waals surface area contributed by atoms with Crippen LogP contribution >= 0.6 is 22.9 Å². The van der Waals surface area contributed by atoms with Crippen molar-refractivity contribution in [3.05, 3.63) is 96.0 Å². The molecular formula is C25H16ClN7S. The number of hydrogen-bond donors (Lipinski definition) is 1. The lowest BCUT2D eigenvalue weighted by molar-refractivity contribution is 0.895. The number of thiazole rings is 1. The number of halogens is 1. The average Bonchev–Trinajstić information content (AvgIpc) is 3.53. The molecule has 0 bridgehead atoms. The molecular weight excluding hydrogens is 466 g/mol. The molecule has 6 rings (SSSR count). The summed E-state index contributed by atoms with van der Waals surface area (Å²) in [6.45, 7) is 0. The van der Waals surface area contributed by atoms with Crippen molar-refractivity contribution < 1.29 is 0 Å². The molecule has 0 aliphatic heterocycles. The summed E-state index contributed by atoms with van der Waals surface area (Å²) >= 11 is 7.76. The number of nitrogens with one attached hydrogen (secondary N) is 1. The topological polar surface area (TPSA) is 81.4 Å². The van der Waals surface area contributed by atoms with Crippen molar-refractivity contribution in [2.24, 2.45) is 0 Å². The maximum absolute atomic E-state index is 6.16. The average molecular weight is 482 g/mol. The molecule has 1 N–H and O–H groups in total. The zero-order chi connectivity index (χ0) is 22.9. The fraction of sp³-hybridized carbons (Fsp3) is 0. The minimum Gasteiger partial charge on any atom is -0.339 e. The minimum absolute atomic E-state index is 0.638. The monoisotopic (exact) mass is 481 g/mol. The van der Waals surface area contributed by atoms with Gasteiger partial charge in [-0.3, -0.25) is 4.98 Å². The predicted octanol–water partition coefficient (Wildman–Crippen LogP) is 6.40. The van der Waals surface area contributed by atoms with Crippen LogP contribution in [0.5, 0.6) is 0 Å². The smallest absolute Gasteiger partial charge is 0.168 e. The van der Waals surface area contributed by atoms with E-state index in [2.05, 4.69) is 36.8 Å². The second-order valence-electron chi connectivity index (χ2n) is 7.48. The molecule has 4 aromatic heterocycles. The molecule has 9 heteroatoms. The zero-order valence-electron chi connectivity index (χ0n) is 17.6. The number of nitrogens with zero attached hydrogens (tertiary/aromatic N) is 6. The van der Waals surface area contributed by atoms with Crippen LogP contribution in [0.3, 0.4) is 0 Å². The molecule has 0 atom stereocenters. The van der Waals surface area contributed by atoms with Crippen LogP contribution in [0.15, 0.2) is 91.0 Å². The van der Waals surface area contributed by atoms with Crippen molar-refractivity contribution in [1.29, 1.82) is 0 Å². The van der Waals surface area contributed by atoms with Crippen LogP contribution < -0.4 is 5.32 Å². The maximum Gasteiger partial charge on any atom is 0.168 e. The lowest BCUT2D eigenvalue weighted by atomic mass is 10.1. The Hall–Kier alpha value is -4.14. The Labute approximate surface area is 203 Å². The lowest BCUT2D eigenvalue weighted by Gasteiger charge is -2.08. The van der Waals surface area contributed by atoms with Crippen molar-refractivity contribution in [3.63, 3.8) is 0 Å². The van der Waals surface area contributed by atoms with Gasteiger partial charge in [0.15, 0.2) is 5.65 Å². The Kier molecular flexibility index (Phi) is 5.21. The van der Waals surface area contributed by atoms with Crippen LogP contribution in [0.1, 0.15) is 0 Å². The van der Waals surface area contributed by atoms with E-state index in [1.165, 1.54) is 6.33 Å². The first-order valence-electron chi connectivity index (χ1n) is 10.4. The number of hydrogen-bond acceptors (Lipinski definition) is 7. The van der Waals surface area contributed by atoms with Gasteiger partial charge in [-0.25, -0.2) is 19.6 Å². The van der Waals surface area contributed by atoms with Crippen LogP contribution in [-0.2, 0) is 0 Å². The number of aromatic nitrogens is 6. The van der Waals surface area contributed by atoms with Crippen molar-refractivity contribution in [3.8, 4) is 27.5 Å². The standard InChI is InChI=1S/C25H16ClN7S/c26-18-6-2-8-20(11-18)33-24-21(13-30-33)23(28-15-29-24)31-19-7-1-4-16(10-19)22-14-34-25(32-22)17-5-3-9-27-12-17/h1-15H,(H,28,29,31). The van der Waals surface area contributed by atoms with Crippen LogP contribution in [-0.4, -0.2) is 29.7 Å². The van der Waals surface area contributed by atoms with Gasteiger partial charge in [0.1, 0.15) is 17.2 Å². The van der Waals surface area contributed by atoms with E-state index in [1.54, 1.807) is 28.4 Å². The largest absolute Gasteiger partial charge is 0.339 e. The van der Waals surface area contributed by atoms with Gasteiger partial charge < -0.3 is 5.32 Å². The summed E-state index contributed by atoms with van der Waals surface area (Å²) in [5.74, 6) is 0.671. The maximum atomic E-state index is 6.16. The highest BCUT2D eigenvalue weighted by Gasteiger charge is 2.13. The van der Waals surface area contributed by atoms with E-state index in [0.29, 0.717) is 16.5 Å². The summed E-state index contributed by atoms with van der Waals surface area (Å²) in [5.41, 5.74) is 5.35. The summed E-state index contributed by atoms with van der Waals surface area (Å²) in [5, 5.41) is 12.4. The Balaban J connectivity index is 1.31. The third kappa shape index (κ3) is 3.89. The molecule has 0 aliphatic carbocycles. The van der Waals surface area contributed by atoms with Gasteiger partial charge in [0, 0.05) is 39.6 Å². The molecule has 0 aliphatic rings. The Morgan fingerprint density at radius 3 is 2.71 bits per heavy atom. The number of benzene rings is 2. The fourth-order valence-corrected chi connectivity index (χ4v) is 4.67. The first kappa shape index (κ1) is 20.5. The van der Waals surface area contributed by atoms with E-state index in [-0.39, 0.29) is 0 Å². The van der Waals surface area contributed by atoms with E-state index in [1.807, 2.05) is 60.8 Å². The van der Waals surface area contributed by atoms with Gasteiger partial charge in [-0.1, -0.05) is 29.8 Å². The molecule has 4 heterocycles. The van der Waals surface area contributed by atoms with E-state index >= 15 is 0 Å². The molecule has 0 unspecified atom stereocenters. The first-order valence-corrected chi connectivity index (χ1v) is 11.7. The Bertz CT molecular complexity index is 1610. The third-order valence-electron chi connectivity index (χ3n) is 5.25. The quantitative estimate of drug-likeness (QED) is 0.307. The number of anilines is 2. The van der Waals surface area contributed by atoms with Crippen molar-refractivity contribution >= 4 is 45.5 Å². The molecule has 0 saturated carbocycles. The van der Waals surface area contributed by atoms with Gasteiger partial charge in [0.05, 0.1) is 23.0 Å². The number of rotatable bonds is 5. The van der Waals surface area contributed by atoms with Crippen LogP contribution in [0, 0.1) is 0 Å². The summed E-state index contributed by atoms with van der Waals surface area (Å²) in [6.07, 6.45) is 6.86. The molecule has 34 heavy (non-hydrogen) atoms. The van der Waals surface area contributed by atoms with Crippen LogP contribution in [0.2, 0.25) is 5.02 Å². The number of pyridine rings is 1.